The number of nitrogens with zero attached hydrogens (tertiary/aromatic N) is 1. The lowest BCUT2D eigenvalue weighted by Gasteiger charge is -2.05. The van der Waals surface area contributed by atoms with Crippen molar-refractivity contribution >= 4 is 5.84 Å². The average molecular weight is 206 g/mol. The highest BCUT2D eigenvalue weighted by atomic mass is 16.5. The molecule has 1 aromatic rings. The summed E-state index contributed by atoms with van der Waals surface area (Å²) in [7, 11) is 1.64. The van der Waals surface area contributed by atoms with E-state index < -0.39 is 0 Å². The molecule has 2 N–H and O–H groups in total. The highest BCUT2D eigenvalue weighted by molar-refractivity contribution is 5.97. The summed E-state index contributed by atoms with van der Waals surface area (Å²) in [6.07, 6.45) is 0. The van der Waals surface area contributed by atoms with E-state index in [9.17, 15) is 0 Å². The van der Waals surface area contributed by atoms with Crippen LogP contribution in [0.25, 0.3) is 0 Å². The maximum Gasteiger partial charge on any atom is 0.125 e. The third-order valence-electron chi connectivity index (χ3n) is 1.99. The second-order valence-electron chi connectivity index (χ2n) is 3.85. The molecule has 0 amide bonds. The Labute approximate surface area is 91.0 Å². The Morgan fingerprint density at radius 3 is 2.80 bits per heavy atom. The molecule has 0 spiro atoms. The van der Waals surface area contributed by atoms with Gasteiger partial charge in [0.05, 0.1) is 7.11 Å². The SMILES string of the molecule is COc1cccc(C(N)=NCC(C)C)c1. The van der Waals surface area contributed by atoms with E-state index in [0.29, 0.717) is 11.8 Å². The lowest BCUT2D eigenvalue weighted by Crippen LogP contribution is -2.15. The van der Waals surface area contributed by atoms with Crippen LogP contribution in [-0.4, -0.2) is 19.5 Å². The van der Waals surface area contributed by atoms with Crippen molar-refractivity contribution in [1.82, 2.24) is 0 Å². The number of benzene rings is 1. The zero-order valence-corrected chi connectivity index (χ0v) is 9.53. The molecule has 0 aliphatic carbocycles. The van der Waals surface area contributed by atoms with Gasteiger partial charge in [-0.1, -0.05) is 26.0 Å². The summed E-state index contributed by atoms with van der Waals surface area (Å²) >= 11 is 0. The maximum absolute atomic E-state index is 5.86. The van der Waals surface area contributed by atoms with Crippen LogP contribution in [0, 0.1) is 5.92 Å². The lowest BCUT2D eigenvalue weighted by atomic mass is 10.2. The van der Waals surface area contributed by atoms with E-state index in [2.05, 4.69) is 18.8 Å². The highest BCUT2D eigenvalue weighted by Gasteiger charge is 2.00. The third kappa shape index (κ3) is 3.62. The van der Waals surface area contributed by atoms with Gasteiger partial charge in [-0.25, -0.2) is 0 Å². The number of nitrogens with two attached hydrogens (primary N) is 1. The fourth-order valence-electron chi connectivity index (χ4n) is 1.15. The van der Waals surface area contributed by atoms with Gasteiger partial charge in [-0.3, -0.25) is 4.99 Å². The second-order valence-corrected chi connectivity index (χ2v) is 3.85. The minimum absolute atomic E-state index is 0.522. The van der Waals surface area contributed by atoms with Crippen molar-refractivity contribution in [2.45, 2.75) is 13.8 Å². The number of amidine groups is 1. The first-order valence-electron chi connectivity index (χ1n) is 5.08. The second kappa shape index (κ2) is 5.39. The zero-order valence-electron chi connectivity index (χ0n) is 9.53. The van der Waals surface area contributed by atoms with Crippen LogP contribution >= 0.6 is 0 Å². The summed E-state index contributed by atoms with van der Waals surface area (Å²) in [5.74, 6) is 1.90. The Morgan fingerprint density at radius 1 is 1.47 bits per heavy atom. The van der Waals surface area contributed by atoms with E-state index >= 15 is 0 Å². The Bertz CT molecular complexity index is 345. The maximum atomic E-state index is 5.86. The Morgan fingerprint density at radius 2 is 2.20 bits per heavy atom. The van der Waals surface area contributed by atoms with E-state index in [1.54, 1.807) is 7.11 Å². The van der Waals surface area contributed by atoms with Crippen molar-refractivity contribution < 1.29 is 4.74 Å². The molecule has 3 nitrogen and oxygen atoms in total. The molecule has 15 heavy (non-hydrogen) atoms. The monoisotopic (exact) mass is 206 g/mol. The van der Waals surface area contributed by atoms with Gasteiger partial charge in [-0.15, -0.1) is 0 Å². The Kier molecular flexibility index (Phi) is 4.16. The average Bonchev–Trinajstić information content (AvgIpc) is 2.26. The van der Waals surface area contributed by atoms with Crippen LogP contribution in [0.15, 0.2) is 29.3 Å². The fourth-order valence-corrected chi connectivity index (χ4v) is 1.15. The molecule has 0 bridgehead atoms. The van der Waals surface area contributed by atoms with Gasteiger partial charge < -0.3 is 10.5 Å². The molecule has 1 rings (SSSR count). The van der Waals surface area contributed by atoms with Gasteiger partial charge in [0.1, 0.15) is 11.6 Å². The number of aliphatic imine (C=N–C) groups is 1. The predicted molar refractivity (Wildman–Crippen MR) is 63.4 cm³/mol. The van der Waals surface area contributed by atoms with Gasteiger partial charge >= 0.3 is 0 Å². The predicted octanol–water partition coefficient (Wildman–Crippen LogP) is 2.06. The van der Waals surface area contributed by atoms with Crippen LogP contribution in [0.2, 0.25) is 0 Å². The minimum Gasteiger partial charge on any atom is -0.497 e. The normalized spacial score (nSPS) is 11.9. The number of methoxy groups -OCH3 is 1. The van der Waals surface area contributed by atoms with Crippen LogP contribution in [0.1, 0.15) is 19.4 Å². The molecule has 1 aromatic carbocycles. The zero-order chi connectivity index (χ0) is 11.3. The van der Waals surface area contributed by atoms with Crippen LogP contribution < -0.4 is 10.5 Å². The van der Waals surface area contributed by atoms with Gasteiger partial charge in [0.2, 0.25) is 0 Å². The van der Waals surface area contributed by atoms with E-state index in [1.807, 2.05) is 24.3 Å². The topological polar surface area (TPSA) is 47.6 Å². The standard InChI is InChI=1S/C12H18N2O/c1-9(2)8-14-12(13)10-5-4-6-11(7-10)15-3/h4-7,9H,8H2,1-3H3,(H2,13,14). The summed E-state index contributed by atoms with van der Waals surface area (Å²) in [5.41, 5.74) is 6.77. The van der Waals surface area contributed by atoms with E-state index in [-0.39, 0.29) is 0 Å². The van der Waals surface area contributed by atoms with Gasteiger partial charge in [-0.05, 0) is 18.1 Å². The summed E-state index contributed by atoms with van der Waals surface area (Å²) in [6, 6.07) is 7.62. The molecule has 0 saturated heterocycles. The highest BCUT2D eigenvalue weighted by Crippen LogP contribution is 2.12. The van der Waals surface area contributed by atoms with Crippen molar-refractivity contribution in [3.8, 4) is 5.75 Å². The Hall–Kier alpha value is -1.51. The largest absolute Gasteiger partial charge is 0.497 e. The van der Waals surface area contributed by atoms with Crippen LogP contribution in [0.4, 0.5) is 0 Å². The van der Waals surface area contributed by atoms with Gasteiger partial charge in [0, 0.05) is 12.1 Å². The molecule has 0 fully saturated rings. The van der Waals surface area contributed by atoms with E-state index in [4.69, 9.17) is 10.5 Å². The molecule has 82 valence electrons. The van der Waals surface area contributed by atoms with Crippen molar-refractivity contribution in [2.75, 3.05) is 13.7 Å². The molecule has 0 aromatic heterocycles. The molecule has 0 radical (unpaired) electrons. The van der Waals surface area contributed by atoms with Gasteiger partial charge in [0.25, 0.3) is 0 Å². The first-order valence-corrected chi connectivity index (χ1v) is 5.08. The molecule has 0 unspecified atom stereocenters. The molecule has 0 atom stereocenters. The quantitative estimate of drug-likeness (QED) is 0.605. The lowest BCUT2D eigenvalue weighted by molar-refractivity contribution is 0.414. The summed E-state index contributed by atoms with van der Waals surface area (Å²) in [6.45, 7) is 4.98. The first kappa shape index (κ1) is 11.6. The molecular formula is C12H18N2O. The number of hydrogen-bond acceptors (Lipinski definition) is 2. The third-order valence-corrected chi connectivity index (χ3v) is 1.99. The van der Waals surface area contributed by atoms with E-state index in [1.165, 1.54) is 0 Å². The molecular weight excluding hydrogens is 188 g/mol. The summed E-state index contributed by atoms with van der Waals surface area (Å²) in [5, 5.41) is 0. The van der Waals surface area contributed by atoms with Crippen molar-refractivity contribution in [3.63, 3.8) is 0 Å². The van der Waals surface area contributed by atoms with Crippen molar-refractivity contribution in [2.24, 2.45) is 16.6 Å². The Balaban J connectivity index is 2.81. The number of hydrogen-bond donors (Lipinski definition) is 1. The summed E-state index contributed by atoms with van der Waals surface area (Å²) < 4.78 is 5.12. The molecule has 0 aliphatic heterocycles. The van der Waals surface area contributed by atoms with Crippen LogP contribution in [0.5, 0.6) is 5.75 Å². The van der Waals surface area contributed by atoms with Crippen LogP contribution in [0.3, 0.4) is 0 Å². The molecule has 0 aliphatic rings. The summed E-state index contributed by atoms with van der Waals surface area (Å²) in [4.78, 5) is 4.31. The van der Waals surface area contributed by atoms with E-state index in [0.717, 1.165) is 17.9 Å². The first-order chi connectivity index (χ1) is 7.13. The minimum atomic E-state index is 0.522. The fraction of sp³-hybridized carbons (Fsp3) is 0.417. The molecule has 0 saturated carbocycles. The smallest absolute Gasteiger partial charge is 0.125 e. The molecule has 0 heterocycles. The van der Waals surface area contributed by atoms with Crippen molar-refractivity contribution in [1.29, 1.82) is 0 Å². The van der Waals surface area contributed by atoms with Crippen LogP contribution in [-0.2, 0) is 0 Å². The van der Waals surface area contributed by atoms with Gasteiger partial charge in [0.15, 0.2) is 0 Å². The van der Waals surface area contributed by atoms with Gasteiger partial charge in [-0.2, -0.15) is 0 Å². The van der Waals surface area contributed by atoms with Crippen molar-refractivity contribution in [3.05, 3.63) is 29.8 Å². The number of ether oxygens (including phenoxy) is 1. The molecule has 3 heteroatoms. The number of rotatable bonds is 4.